The number of halogens is 1. The maximum atomic E-state index is 12.1. The lowest BCUT2D eigenvalue weighted by molar-refractivity contribution is 0.336. The van der Waals surface area contributed by atoms with Gasteiger partial charge in [0.25, 0.3) is 0 Å². The van der Waals surface area contributed by atoms with E-state index in [-0.39, 0.29) is 0 Å². The minimum Gasteiger partial charge on any atom is -0.497 e. The SMILES string of the molecule is CCOP(C)(=O)Cc1cc(CBr)cc(OC)c1. The zero-order valence-corrected chi connectivity index (χ0v) is 12.9. The van der Waals surface area contributed by atoms with Crippen LogP contribution in [0, 0.1) is 0 Å². The van der Waals surface area contributed by atoms with E-state index in [2.05, 4.69) is 15.9 Å². The molecule has 1 unspecified atom stereocenters. The molecule has 3 nitrogen and oxygen atoms in total. The van der Waals surface area contributed by atoms with Crippen LogP contribution in [0.1, 0.15) is 18.1 Å². The van der Waals surface area contributed by atoms with Crippen molar-refractivity contribution in [2.75, 3.05) is 20.4 Å². The Bertz CT molecular complexity index is 398. The highest BCUT2D eigenvalue weighted by Crippen LogP contribution is 2.46. The molecule has 0 N–H and O–H groups in total. The second kappa shape index (κ2) is 6.58. The zero-order chi connectivity index (χ0) is 12.9. The average molecular weight is 321 g/mol. The first kappa shape index (κ1) is 14.7. The first-order chi connectivity index (χ1) is 8.00. The van der Waals surface area contributed by atoms with E-state index in [1.807, 2.05) is 25.1 Å². The fourth-order valence-electron chi connectivity index (χ4n) is 1.67. The molecule has 17 heavy (non-hydrogen) atoms. The molecular formula is C12H18BrO3P. The molecule has 1 rings (SSSR count). The van der Waals surface area contributed by atoms with Crippen LogP contribution in [0.15, 0.2) is 18.2 Å². The second-order valence-corrected chi connectivity index (χ2v) is 7.08. The fraction of sp³-hybridized carbons (Fsp3) is 0.500. The maximum absolute atomic E-state index is 12.1. The van der Waals surface area contributed by atoms with Gasteiger partial charge in [-0.2, -0.15) is 0 Å². The lowest BCUT2D eigenvalue weighted by Crippen LogP contribution is -1.95. The van der Waals surface area contributed by atoms with Crippen molar-refractivity contribution in [2.24, 2.45) is 0 Å². The smallest absolute Gasteiger partial charge is 0.204 e. The third-order valence-electron chi connectivity index (χ3n) is 2.29. The van der Waals surface area contributed by atoms with Crippen LogP contribution in [0.3, 0.4) is 0 Å². The Morgan fingerprint density at radius 1 is 1.29 bits per heavy atom. The van der Waals surface area contributed by atoms with Crippen molar-refractivity contribution in [2.45, 2.75) is 18.4 Å². The highest BCUT2D eigenvalue weighted by molar-refractivity contribution is 9.08. The Hall–Kier alpha value is -0.310. The number of alkyl halides is 1. The summed E-state index contributed by atoms with van der Waals surface area (Å²) in [4.78, 5) is 0. The van der Waals surface area contributed by atoms with Gasteiger partial charge in [-0.25, -0.2) is 0 Å². The number of rotatable bonds is 6. The van der Waals surface area contributed by atoms with Crippen LogP contribution in [0.25, 0.3) is 0 Å². The van der Waals surface area contributed by atoms with Crippen molar-refractivity contribution in [1.82, 2.24) is 0 Å². The molecule has 1 aromatic carbocycles. The Morgan fingerprint density at radius 2 is 1.94 bits per heavy atom. The third kappa shape index (κ3) is 4.82. The van der Waals surface area contributed by atoms with Gasteiger partial charge < -0.3 is 9.26 Å². The summed E-state index contributed by atoms with van der Waals surface area (Å²) in [5, 5.41) is 0.750. The molecule has 0 aliphatic heterocycles. The van der Waals surface area contributed by atoms with Gasteiger partial charge in [0, 0.05) is 18.2 Å². The number of benzene rings is 1. The molecule has 0 aromatic heterocycles. The van der Waals surface area contributed by atoms with Crippen molar-refractivity contribution >= 4 is 23.3 Å². The van der Waals surface area contributed by atoms with E-state index in [9.17, 15) is 4.57 Å². The molecule has 0 aliphatic carbocycles. The number of methoxy groups -OCH3 is 1. The van der Waals surface area contributed by atoms with E-state index in [1.54, 1.807) is 13.8 Å². The van der Waals surface area contributed by atoms with Crippen LogP contribution in [0.4, 0.5) is 0 Å². The third-order valence-corrected chi connectivity index (χ3v) is 4.68. The van der Waals surface area contributed by atoms with Crippen LogP contribution in [0.2, 0.25) is 0 Å². The minimum absolute atomic E-state index is 0.443. The van der Waals surface area contributed by atoms with Crippen LogP contribution >= 0.6 is 23.3 Å². The molecule has 1 atom stereocenters. The average Bonchev–Trinajstić information content (AvgIpc) is 2.27. The molecule has 0 fully saturated rings. The Balaban J connectivity index is 2.94. The summed E-state index contributed by atoms with van der Waals surface area (Å²) in [5.41, 5.74) is 2.09. The summed E-state index contributed by atoms with van der Waals surface area (Å²) in [6, 6.07) is 5.88. The van der Waals surface area contributed by atoms with Gasteiger partial charge in [0.05, 0.1) is 13.7 Å². The first-order valence-corrected chi connectivity index (χ1v) is 8.82. The molecule has 0 bridgehead atoms. The zero-order valence-electron chi connectivity index (χ0n) is 10.4. The molecule has 1 aromatic rings. The number of hydrogen-bond acceptors (Lipinski definition) is 3. The second-order valence-electron chi connectivity index (χ2n) is 3.91. The molecule has 5 heteroatoms. The molecule has 0 saturated heterocycles. The van der Waals surface area contributed by atoms with E-state index in [0.717, 1.165) is 22.2 Å². The highest BCUT2D eigenvalue weighted by atomic mass is 79.9. The highest BCUT2D eigenvalue weighted by Gasteiger charge is 2.16. The lowest BCUT2D eigenvalue weighted by Gasteiger charge is -2.14. The van der Waals surface area contributed by atoms with Gasteiger partial charge >= 0.3 is 0 Å². The summed E-state index contributed by atoms with van der Waals surface area (Å²) in [6.07, 6.45) is 0.443. The van der Waals surface area contributed by atoms with Gasteiger partial charge in [0.2, 0.25) is 7.37 Å². The van der Waals surface area contributed by atoms with E-state index in [4.69, 9.17) is 9.26 Å². The monoisotopic (exact) mass is 320 g/mol. The summed E-state index contributed by atoms with van der Waals surface area (Å²) < 4.78 is 22.6. The lowest BCUT2D eigenvalue weighted by atomic mass is 10.1. The predicted octanol–water partition coefficient (Wildman–Crippen LogP) is 4.03. The van der Waals surface area contributed by atoms with Crippen molar-refractivity contribution in [1.29, 1.82) is 0 Å². The molecule has 0 heterocycles. The number of ether oxygens (including phenoxy) is 1. The van der Waals surface area contributed by atoms with E-state index in [1.165, 1.54) is 0 Å². The Morgan fingerprint density at radius 3 is 2.47 bits per heavy atom. The number of hydrogen-bond donors (Lipinski definition) is 0. The molecule has 0 saturated carbocycles. The first-order valence-electron chi connectivity index (χ1n) is 5.44. The van der Waals surface area contributed by atoms with Crippen LogP contribution in [-0.2, 0) is 20.6 Å². The normalized spacial score (nSPS) is 14.4. The van der Waals surface area contributed by atoms with Crippen LogP contribution in [0.5, 0.6) is 5.75 Å². The van der Waals surface area contributed by atoms with Crippen LogP contribution in [-0.4, -0.2) is 20.4 Å². The Labute approximate surface area is 111 Å². The molecular weight excluding hydrogens is 303 g/mol. The van der Waals surface area contributed by atoms with Gasteiger partial charge in [-0.15, -0.1) is 0 Å². The summed E-state index contributed by atoms with van der Waals surface area (Å²) in [6.45, 7) is 4.00. The molecule has 0 aliphatic rings. The maximum Gasteiger partial charge on any atom is 0.204 e. The molecule has 0 radical (unpaired) electrons. The van der Waals surface area contributed by atoms with Crippen molar-refractivity contribution in [3.63, 3.8) is 0 Å². The molecule has 96 valence electrons. The molecule has 0 amide bonds. The van der Waals surface area contributed by atoms with Crippen LogP contribution < -0.4 is 4.74 Å². The Kier molecular flexibility index (Phi) is 5.71. The van der Waals surface area contributed by atoms with E-state index >= 15 is 0 Å². The summed E-state index contributed by atoms with van der Waals surface area (Å²) >= 11 is 3.41. The predicted molar refractivity (Wildman–Crippen MR) is 74.5 cm³/mol. The fourth-order valence-corrected chi connectivity index (χ4v) is 3.47. The minimum atomic E-state index is -2.55. The van der Waals surface area contributed by atoms with Crippen molar-refractivity contribution < 1.29 is 13.8 Å². The topological polar surface area (TPSA) is 35.5 Å². The quantitative estimate of drug-likeness (QED) is 0.586. The van der Waals surface area contributed by atoms with Gasteiger partial charge in [0.1, 0.15) is 5.75 Å². The van der Waals surface area contributed by atoms with Gasteiger partial charge in [-0.3, -0.25) is 4.57 Å². The van der Waals surface area contributed by atoms with E-state index < -0.39 is 7.37 Å². The van der Waals surface area contributed by atoms with Crippen molar-refractivity contribution in [3.8, 4) is 5.75 Å². The summed E-state index contributed by atoms with van der Waals surface area (Å²) in [7, 11) is -0.916. The standard InChI is InChI=1S/C12H18BrO3P/c1-4-16-17(3,14)9-11-5-10(8-13)6-12(7-11)15-2/h5-7H,4,8-9H2,1-3H3. The van der Waals surface area contributed by atoms with Crippen molar-refractivity contribution in [3.05, 3.63) is 29.3 Å². The summed E-state index contributed by atoms with van der Waals surface area (Å²) in [5.74, 6) is 0.786. The van der Waals surface area contributed by atoms with Gasteiger partial charge in [-0.05, 0) is 30.2 Å². The largest absolute Gasteiger partial charge is 0.497 e. The van der Waals surface area contributed by atoms with Gasteiger partial charge in [0.15, 0.2) is 0 Å². The molecule has 0 spiro atoms. The van der Waals surface area contributed by atoms with E-state index in [0.29, 0.717) is 12.8 Å². The van der Waals surface area contributed by atoms with Gasteiger partial charge in [-0.1, -0.05) is 22.0 Å².